The van der Waals surface area contributed by atoms with Crippen molar-refractivity contribution < 1.29 is 0 Å². The summed E-state index contributed by atoms with van der Waals surface area (Å²) in [5.74, 6) is 0. The average molecular weight is 683 g/mol. The molecule has 2 heteroatoms. The molecule has 7 aromatic rings. The maximum Gasteiger partial charge on any atom is 0.0713 e. The van der Waals surface area contributed by atoms with Gasteiger partial charge in [0.25, 0.3) is 0 Å². The fourth-order valence-corrected chi connectivity index (χ4v) is 8.62. The number of nitrogens with zero attached hydrogens (tertiary/aromatic N) is 2. The Morgan fingerprint density at radius 2 is 0.962 bits per heavy atom. The quantitative estimate of drug-likeness (QED) is 0.157. The molecule has 0 spiro atoms. The normalized spacial score (nSPS) is 15.1. The van der Waals surface area contributed by atoms with Crippen molar-refractivity contribution >= 4 is 28.4 Å². The Labute approximate surface area is 313 Å². The largest absolute Gasteiger partial charge is 0.334 e. The van der Waals surface area contributed by atoms with Gasteiger partial charge in [-0.2, -0.15) is 0 Å². The summed E-state index contributed by atoms with van der Waals surface area (Å²) >= 11 is 0. The Bertz CT molecular complexity index is 2410. The Kier molecular flexibility index (Phi) is 8.37. The van der Waals surface area contributed by atoms with Gasteiger partial charge in [0, 0.05) is 28.4 Å². The number of hydrogen-bond donors (Lipinski definition) is 0. The molecule has 0 aromatic heterocycles. The third-order valence-corrected chi connectivity index (χ3v) is 10.9. The molecule has 0 fully saturated rings. The first kappa shape index (κ1) is 32.5. The van der Waals surface area contributed by atoms with Gasteiger partial charge in [0.2, 0.25) is 0 Å². The lowest BCUT2D eigenvalue weighted by molar-refractivity contribution is 0.764. The van der Waals surface area contributed by atoms with Crippen molar-refractivity contribution in [3.05, 3.63) is 234 Å². The summed E-state index contributed by atoms with van der Waals surface area (Å²) in [5.41, 5.74) is 15.5. The lowest BCUT2D eigenvalue weighted by Gasteiger charge is -2.36. The molecule has 0 aliphatic heterocycles. The first-order valence-electron chi connectivity index (χ1n) is 18.6. The Balaban J connectivity index is 1.21. The summed E-state index contributed by atoms with van der Waals surface area (Å²) < 4.78 is 0. The van der Waals surface area contributed by atoms with Crippen LogP contribution in [0.3, 0.4) is 0 Å². The smallest absolute Gasteiger partial charge is 0.0713 e. The lowest BCUT2D eigenvalue weighted by Crippen LogP contribution is -2.31. The molecule has 9 rings (SSSR count). The van der Waals surface area contributed by atoms with Crippen molar-refractivity contribution in [2.45, 2.75) is 31.7 Å². The van der Waals surface area contributed by atoms with Crippen LogP contribution in [0.15, 0.2) is 200 Å². The molecule has 256 valence electrons. The number of para-hydroxylation sites is 1. The fraction of sp³-hybridized carbons (Fsp3) is 0.0980. The minimum Gasteiger partial charge on any atom is -0.334 e. The second-order valence-electron chi connectivity index (χ2n) is 14.3. The van der Waals surface area contributed by atoms with Gasteiger partial charge >= 0.3 is 0 Å². The predicted molar refractivity (Wildman–Crippen MR) is 223 cm³/mol. The van der Waals surface area contributed by atoms with Crippen LogP contribution in [0.2, 0.25) is 0 Å². The third-order valence-electron chi connectivity index (χ3n) is 10.9. The van der Waals surface area contributed by atoms with Crippen molar-refractivity contribution in [1.29, 1.82) is 0 Å². The minimum atomic E-state index is -0.493. The predicted octanol–water partition coefficient (Wildman–Crippen LogP) is 13.2. The van der Waals surface area contributed by atoms with E-state index in [1.165, 1.54) is 55.9 Å². The molecule has 2 aliphatic carbocycles. The van der Waals surface area contributed by atoms with Crippen LogP contribution in [0.4, 0.5) is 28.4 Å². The molecule has 0 bridgehead atoms. The van der Waals surface area contributed by atoms with Gasteiger partial charge in [-0.3, -0.25) is 0 Å². The molecule has 0 N–H and O–H groups in total. The third kappa shape index (κ3) is 5.68. The summed E-state index contributed by atoms with van der Waals surface area (Å²) in [6, 6.07) is 65.2. The highest BCUT2D eigenvalue weighted by Crippen LogP contribution is 2.56. The van der Waals surface area contributed by atoms with Gasteiger partial charge in [0.15, 0.2) is 0 Å². The fourth-order valence-electron chi connectivity index (χ4n) is 8.62. The topological polar surface area (TPSA) is 6.48 Å². The number of fused-ring (bicyclic) bond motifs is 3. The number of anilines is 5. The second kappa shape index (κ2) is 13.6. The van der Waals surface area contributed by atoms with Crippen LogP contribution >= 0.6 is 0 Å². The molecule has 0 heterocycles. The Hall–Kier alpha value is -6.38. The van der Waals surface area contributed by atoms with E-state index in [9.17, 15) is 0 Å². The van der Waals surface area contributed by atoms with Gasteiger partial charge in [0.05, 0.1) is 11.5 Å². The molecule has 53 heavy (non-hydrogen) atoms. The van der Waals surface area contributed by atoms with Crippen LogP contribution < -0.4 is 9.80 Å². The van der Waals surface area contributed by atoms with Gasteiger partial charge in [-0.15, -0.1) is 0 Å². The molecule has 2 aliphatic rings. The Morgan fingerprint density at radius 1 is 0.453 bits per heavy atom. The van der Waals surface area contributed by atoms with Crippen LogP contribution in [-0.2, 0) is 5.41 Å². The molecule has 0 saturated heterocycles. The van der Waals surface area contributed by atoms with Crippen molar-refractivity contribution in [1.82, 2.24) is 0 Å². The zero-order valence-corrected chi connectivity index (χ0v) is 30.2. The summed E-state index contributed by atoms with van der Waals surface area (Å²) in [6.07, 6.45) is 9.88. The average Bonchev–Trinajstić information content (AvgIpc) is 3.51. The first-order valence-corrected chi connectivity index (χ1v) is 18.6. The highest BCUT2D eigenvalue weighted by atomic mass is 15.2. The van der Waals surface area contributed by atoms with Gasteiger partial charge in [0.1, 0.15) is 0 Å². The number of benzene rings is 7. The number of rotatable bonds is 8. The molecule has 7 aromatic carbocycles. The van der Waals surface area contributed by atoms with Crippen LogP contribution in [0, 0.1) is 13.8 Å². The van der Waals surface area contributed by atoms with Crippen LogP contribution in [0.5, 0.6) is 0 Å². The zero-order chi connectivity index (χ0) is 35.8. The minimum absolute atomic E-state index is 0.239. The summed E-state index contributed by atoms with van der Waals surface area (Å²) in [4.78, 5) is 4.84. The maximum atomic E-state index is 2.48. The molecular formula is C51H42N2. The Morgan fingerprint density at radius 3 is 1.55 bits per heavy atom. The highest BCUT2D eigenvalue weighted by Gasteiger charge is 2.46. The molecule has 1 atom stereocenters. The highest BCUT2D eigenvalue weighted by molar-refractivity contribution is 5.87. The van der Waals surface area contributed by atoms with E-state index in [0.717, 1.165) is 23.5 Å². The van der Waals surface area contributed by atoms with E-state index in [2.05, 4.69) is 224 Å². The van der Waals surface area contributed by atoms with Crippen molar-refractivity contribution in [2.24, 2.45) is 0 Å². The number of hydrogen-bond acceptors (Lipinski definition) is 2. The van der Waals surface area contributed by atoms with E-state index in [1.54, 1.807) is 0 Å². The first-order chi connectivity index (χ1) is 26.1. The van der Waals surface area contributed by atoms with Crippen LogP contribution in [-0.4, -0.2) is 6.04 Å². The monoisotopic (exact) mass is 682 g/mol. The number of aryl methyl sites for hydroxylation is 2. The van der Waals surface area contributed by atoms with E-state index < -0.39 is 5.41 Å². The van der Waals surface area contributed by atoms with Gasteiger partial charge in [-0.1, -0.05) is 140 Å². The standard InChI is InChI=1S/C51H42N2/c1-37-15-13-21-45(35-37)52(41-17-5-3-6-18-41)43-31-27-39(28-32-43)51(49-25-11-9-23-47(49)48-24-10-12-26-50(48)51)40-29-33-44(34-30-40)53(42-19-7-4-8-20-42)46-22-14-16-38(2)36-46/h3-19,21-36,42H,20H2,1-2H3. The molecular weight excluding hydrogens is 641 g/mol. The van der Waals surface area contributed by atoms with E-state index in [-0.39, 0.29) is 6.04 Å². The van der Waals surface area contributed by atoms with Crippen LogP contribution in [0.25, 0.3) is 11.1 Å². The van der Waals surface area contributed by atoms with Crippen molar-refractivity contribution in [2.75, 3.05) is 9.80 Å². The maximum absolute atomic E-state index is 2.48. The summed E-state index contributed by atoms with van der Waals surface area (Å²) in [7, 11) is 0. The zero-order valence-electron chi connectivity index (χ0n) is 30.2. The van der Waals surface area contributed by atoms with Crippen LogP contribution in [0.1, 0.15) is 39.8 Å². The van der Waals surface area contributed by atoms with E-state index in [4.69, 9.17) is 0 Å². The number of allylic oxidation sites excluding steroid dienone is 2. The molecule has 2 nitrogen and oxygen atoms in total. The second-order valence-corrected chi connectivity index (χ2v) is 14.3. The van der Waals surface area contributed by atoms with Gasteiger partial charge < -0.3 is 9.80 Å². The molecule has 0 saturated carbocycles. The molecule has 0 radical (unpaired) electrons. The molecule has 1 unspecified atom stereocenters. The van der Waals surface area contributed by atoms with E-state index in [0.29, 0.717) is 0 Å². The lowest BCUT2D eigenvalue weighted by atomic mass is 9.67. The van der Waals surface area contributed by atoms with Gasteiger partial charge in [-0.25, -0.2) is 0 Å². The summed E-state index contributed by atoms with van der Waals surface area (Å²) in [6.45, 7) is 4.33. The van der Waals surface area contributed by atoms with Crippen molar-refractivity contribution in [3.8, 4) is 11.1 Å². The summed E-state index contributed by atoms with van der Waals surface area (Å²) in [5, 5.41) is 0. The molecule has 0 amide bonds. The van der Waals surface area contributed by atoms with E-state index in [1.807, 2.05) is 0 Å². The van der Waals surface area contributed by atoms with Crippen molar-refractivity contribution in [3.63, 3.8) is 0 Å². The van der Waals surface area contributed by atoms with Gasteiger partial charge in [-0.05, 0) is 125 Å². The van der Waals surface area contributed by atoms with E-state index >= 15 is 0 Å². The SMILES string of the molecule is Cc1cccc(N(c2ccccc2)c2ccc(C3(c4ccc(N(c5cccc(C)c5)C5C=CC=CC5)cc4)c4ccccc4-c4ccccc43)cc2)c1.